The summed E-state index contributed by atoms with van der Waals surface area (Å²) >= 11 is 0. The summed E-state index contributed by atoms with van der Waals surface area (Å²) in [5.74, 6) is -3.54. The van der Waals surface area contributed by atoms with Crippen LogP contribution in [0.2, 0.25) is 0 Å². The van der Waals surface area contributed by atoms with Crippen LogP contribution in [0.15, 0.2) is 36.4 Å². The van der Waals surface area contributed by atoms with E-state index >= 15 is 0 Å². The molecule has 1 aromatic carbocycles. The van der Waals surface area contributed by atoms with Crippen LogP contribution in [-0.2, 0) is 28.6 Å². The first-order valence-electron chi connectivity index (χ1n) is 9.25. The highest BCUT2D eigenvalue weighted by Crippen LogP contribution is 2.51. The van der Waals surface area contributed by atoms with E-state index in [0.717, 1.165) is 5.56 Å². The van der Waals surface area contributed by atoms with Gasteiger partial charge >= 0.3 is 17.9 Å². The molecule has 0 spiro atoms. The van der Waals surface area contributed by atoms with Crippen LogP contribution in [0.3, 0.4) is 0 Å². The third kappa shape index (κ3) is 3.09. The number of nitrogens with zero attached hydrogens (tertiary/aromatic N) is 1. The molecule has 0 saturated carbocycles. The van der Waals surface area contributed by atoms with E-state index in [4.69, 9.17) is 14.2 Å². The fourth-order valence-electron chi connectivity index (χ4n) is 4.70. The summed E-state index contributed by atoms with van der Waals surface area (Å²) in [6.45, 7) is 0.569. The molecule has 4 atom stereocenters. The molecule has 3 rings (SSSR count). The standard InChI is InChI=1S/C21H25NO6/c1-26-18(23)16-15(11-10-14-8-5-4-6-9-14)22-13-7-12-21(22,20(25)28-3)17(16)19(24)27-2/h4-6,8-11,15-17H,7,12-13H2,1-3H3/b11-10-/t15-,16+,17-,21+/m0/s1. The van der Waals surface area contributed by atoms with E-state index in [2.05, 4.69) is 0 Å². The number of esters is 3. The van der Waals surface area contributed by atoms with E-state index < -0.39 is 41.3 Å². The molecule has 0 amide bonds. The van der Waals surface area contributed by atoms with Crippen molar-refractivity contribution in [2.24, 2.45) is 11.8 Å². The average molecular weight is 387 g/mol. The van der Waals surface area contributed by atoms with Crippen molar-refractivity contribution in [3.05, 3.63) is 42.0 Å². The third-order valence-corrected chi connectivity index (χ3v) is 5.82. The van der Waals surface area contributed by atoms with Crippen LogP contribution < -0.4 is 0 Å². The summed E-state index contributed by atoms with van der Waals surface area (Å²) in [4.78, 5) is 40.2. The lowest BCUT2D eigenvalue weighted by Gasteiger charge is -2.33. The number of ether oxygens (including phenoxy) is 3. The zero-order valence-corrected chi connectivity index (χ0v) is 16.3. The zero-order chi connectivity index (χ0) is 20.3. The minimum atomic E-state index is -1.23. The largest absolute Gasteiger partial charge is 0.469 e. The molecule has 7 heteroatoms. The lowest BCUT2D eigenvalue weighted by atomic mass is 9.76. The molecule has 150 valence electrons. The van der Waals surface area contributed by atoms with Crippen LogP contribution in [0.25, 0.3) is 6.08 Å². The van der Waals surface area contributed by atoms with Crippen LogP contribution in [-0.4, -0.2) is 62.3 Å². The zero-order valence-electron chi connectivity index (χ0n) is 16.3. The van der Waals surface area contributed by atoms with Crippen LogP contribution in [0.1, 0.15) is 18.4 Å². The maximum Gasteiger partial charge on any atom is 0.327 e. The smallest absolute Gasteiger partial charge is 0.327 e. The average Bonchev–Trinajstić information content (AvgIpc) is 3.28. The number of hydrogen-bond donors (Lipinski definition) is 0. The maximum atomic E-state index is 12.9. The number of methoxy groups -OCH3 is 3. The Morgan fingerprint density at radius 3 is 2.32 bits per heavy atom. The SMILES string of the molecule is COC(=O)[C@H]1[C@@H](C(=O)OC)[C@@]2(C(=O)OC)CCCN2[C@H]1/C=C\c1ccccc1. The predicted molar refractivity (Wildman–Crippen MR) is 101 cm³/mol. The molecule has 0 unspecified atom stereocenters. The van der Waals surface area contributed by atoms with Gasteiger partial charge in [-0.2, -0.15) is 0 Å². The molecule has 0 radical (unpaired) electrons. The van der Waals surface area contributed by atoms with Crippen molar-refractivity contribution in [3.8, 4) is 0 Å². The van der Waals surface area contributed by atoms with Gasteiger partial charge in [0.2, 0.25) is 0 Å². The summed E-state index contributed by atoms with van der Waals surface area (Å²) in [5, 5.41) is 0. The molecule has 0 aliphatic carbocycles. The molecule has 0 aromatic heterocycles. The Kier molecular flexibility index (Phi) is 5.84. The Balaban J connectivity index is 2.11. The first kappa shape index (κ1) is 20.1. The van der Waals surface area contributed by atoms with Crippen molar-refractivity contribution < 1.29 is 28.6 Å². The van der Waals surface area contributed by atoms with Gasteiger partial charge in [-0.1, -0.05) is 42.5 Å². The Labute approximate surface area is 164 Å². The first-order valence-corrected chi connectivity index (χ1v) is 9.25. The molecule has 2 heterocycles. The highest BCUT2D eigenvalue weighted by Gasteiger charge is 2.69. The lowest BCUT2D eigenvalue weighted by Crippen LogP contribution is -2.54. The van der Waals surface area contributed by atoms with Gasteiger partial charge in [-0.05, 0) is 24.9 Å². The van der Waals surface area contributed by atoms with Crippen LogP contribution in [0.4, 0.5) is 0 Å². The summed E-state index contributed by atoms with van der Waals surface area (Å²) in [5.41, 5.74) is -0.276. The second-order valence-corrected chi connectivity index (χ2v) is 7.02. The van der Waals surface area contributed by atoms with Crippen LogP contribution >= 0.6 is 0 Å². The second kappa shape index (κ2) is 8.14. The monoisotopic (exact) mass is 387 g/mol. The number of carbonyl (C=O) groups is 3. The number of fused-ring (bicyclic) bond motifs is 1. The summed E-state index contributed by atoms with van der Waals surface area (Å²) in [6.07, 6.45) is 4.89. The summed E-state index contributed by atoms with van der Waals surface area (Å²) < 4.78 is 15.1. The van der Waals surface area contributed by atoms with Crippen molar-refractivity contribution in [3.63, 3.8) is 0 Å². The molecule has 2 aliphatic heterocycles. The van der Waals surface area contributed by atoms with Crippen LogP contribution in [0, 0.1) is 11.8 Å². The number of benzene rings is 1. The van der Waals surface area contributed by atoms with Crippen molar-refractivity contribution >= 4 is 24.0 Å². The van der Waals surface area contributed by atoms with Gasteiger partial charge in [0.15, 0.2) is 0 Å². The molecule has 2 saturated heterocycles. The number of hydrogen-bond acceptors (Lipinski definition) is 7. The normalized spacial score (nSPS) is 29.5. The fraction of sp³-hybridized carbons (Fsp3) is 0.476. The van der Waals surface area contributed by atoms with E-state index in [-0.39, 0.29) is 0 Å². The number of carbonyl (C=O) groups excluding carboxylic acids is 3. The lowest BCUT2D eigenvalue weighted by molar-refractivity contribution is -0.166. The molecule has 2 fully saturated rings. The van der Waals surface area contributed by atoms with Crippen molar-refractivity contribution in [2.45, 2.75) is 24.4 Å². The second-order valence-electron chi connectivity index (χ2n) is 7.02. The highest BCUT2D eigenvalue weighted by atomic mass is 16.5. The van der Waals surface area contributed by atoms with Gasteiger partial charge < -0.3 is 14.2 Å². The Morgan fingerprint density at radius 2 is 1.71 bits per heavy atom. The molecular weight excluding hydrogens is 362 g/mol. The molecule has 0 N–H and O–H groups in total. The van der Waals surface area contributed by atoms with E-state index in [1.807, 2.05) is 47.4 Å². The number of rotatable bonds is 5. The minimum absolute atomic E-state index is 0.419. The van der Waals surface area contributed by atoms with E-state index in [0.29, 0.717) is 19.4 Å². The maximum absolute atomic E-state index is 12.9. The fourth-order valence-corrected chi connectivity index (χ4v) is 4.70. The molecule has 0 bridgehead atoms. The molecule has 7 nitrogen and oxygen atoms in total. The molecule has 28 heavy (non-hydrogen) atoms. The predicted octanol–water partition coefficient (Wildman–Crippen LogP) is 1.67. The Morgan fingerprint density at radius 1 is 1.04 bits per heavy atom. The summed E-state index contributed by atoms with van der Waals surface area (Å²) in [6, 6.07) is 9.14. The van der Waals surface area contributed by atoms with Gasteiger partial charge in [-0.15, -0.1) is 0 Å². The quantitative estimate of drug-likeness (QED) is 0.561. The van der Waals surface area contributed by atoms with Crippen molar-refractivity contribution in [2.75, 3.05) is 27.9 Å². The molecule has 1 aromatic rings. The van der Waals surface area contributed by atoms with E-state index in [1.54, 1.807) is 0 Å². The van der Waals surface area contributed by atoms with Gasteiger partial charge in [0.1, 0.15) is 11.5 Å². The van der Waals surface area contributed by atoms with Gasteiger partial charge in [0, 0.05) is 6.04 Å². The first-order chi connectivity index (χ1) is 13.5. The third-order valence-electron chi connectivity index (χ3n) is 5.82. The molecular formula is C21H25NO6. The van der Waals surface area contributed by atoms with Gasteiger partial charge in [0.25, 0.3) is 0 Å². The Hall–Kier alpha value is -2.67. The highest BCUT2D eigenvalue weighted by molar-refractivity contribution is 5.94. The van der Waals surface area contributed by atoms with Gasteiger partial charge in [-0.25, -0.2) is 0 Å². The Bertz CT molecular complexity index is 776. The minimum Gasteiger partial charge on any atom is -0.469 e. The van der Waals surface area contributed by atoms with Gasteiger partial charge in [-0.3, -0.25) is 19.3 Å². The van der Waals surface area contributed by atoms with Crippen LogP contribution in [0.5, 0.6) is 0 Å². The van der Waals surface area contributed by atoms with Crippen molar-refractivity contribution in [1.82, 2.24) is 4.90 Å². The molecule has 2 aliphatic rings. The van der Waals surface area contributed by atoms with Gasteiger partial charge in [0.05, 0.1) is 27.2 Å². The van der Waals surface area contributed by atoms with E-state index in [9.17, 15) is 14.4 Å². The van der Waals surface area contributed by atoms with E-state index in [1.165, 1.54) is 21.3 Å². The van der Waals surface area contributed by atoms with Crippen molar-refractivity contribution in [1.29, 1.82) is 0 Å². The summed E-state index contributed by atoms with van der Waals surface area (Å²) in [7, 11) is 3.83. The topological polar surface area (TPSA) is 82.1 Å².